The smallest absolute Gasteiger partial charge is 0.211 e. The predicted octanol–water partition coefficient (Wildman–Crippen LogP) is 2.44. The van der Waals surface area contributed by atoms with E-state index in [1.54, 1.807) is 6.08 Å². The minimum Gasteiger partial charge on any atom is -0.211 e. The van der Waals surface area contributed by atoms with Crippen molar-refractivity contribution in [2.24, 2.45) is 4.99 Å². The van der Waals surface area contributed by atoms with E-state index < -0.39 is 0 Å². The number of fused-ring (bicyclic) bond motifs is 1. The minimum absolute atomic E-state index is 0.558. The van der Waals surface area contributed by atoms with Crippen molar-refractivity contribution in [3.05, 3.63) is 34.9 Å². The summed E-state index contributed by atoms with van der Waals surface area (Å²) in [6.45, 7) is 0.558. The summed E-state index contributed by atoms with van der Waals surface area (Å²) >= 11 is 0. The van der Waals surface area contributed by atoms with E-state index in [0.29, 0.717) is 6.54 Å². The quantitative estimate of drug-likeness (QED) is 0.545. The maximum absolute atomic E-state index is 9.94. The maximum atomic E-state index is 9.94. The van der Waals surface area contributed by atoms with E-state index in [9.17, 15) is 4.79 Å². The molecular weight excluding hydrogens is 186 g/mol. The first-order valence-electron chi connectivity index (χ1n) is 5.54. The summed E-state index contributed by atoms with van der Waals surface area (Å²) in [6.07, 6.45) is 7.49. The third kappa shape index (κ3) is 2.54. The number of carbonyl (C=O) groups excluding carboxylic acids is 1. The van der Waals surface area contributed by atoms with E-state index in [-0.39, 0.29) is 0 Å². The first-order valence-corrected chi connectivity index (χ1v) is 5.54. The molecule has 2 nitrogen and oxygen atoms in total. The number of rotatable bonds is 3. The highest BCUT2D eigenvalue weighted by atomic mass is 16.1. The zero-order chi connectivity index (χ0) is 10.5. The standard InChI is InChI=1S/C13H15NO/c15-10-14-8-7-11-5-6-12-3-1-2-4-13(12)9-11/h5-6,9H,1-4,7-8H2. The lowest BCUT2D eigenvalue weighted by Gasteiger charge is -2.16. The molecule has 0 atom stereocenters. The van der Waals surface area contributed by atoms with Crippen molar-refractivity contribution < 1.29 is 4.79 Å². The Hall–Kier alpha value is -1.40. The van der Waals surface area contributed by atoms with E-state index in [2.05, 4.69) is 23.2 Å². The second-order valence-corrected chi connectivity index (χ2v) is 4.03. The summed E-state index contributed by atoms with van der Waals surface area (Å²) in [4.78, 5) is 13.5. The molecule has 78 valence electrons. The predicted molar refractivity (Wildman–Crippen MR) is 59.8 cm³/mol. The van der Waals surface area contributed by atoms with Crippen LogP contribution in [0.1, 0.15) is 29.5 Å². The van der Waals surface area contributed by atoms with E-state index >= 15 is 0 Å². The second-order valence-electron chi connectivity index (χ2n) is 4.03. The fraction of sp³-hybridized carbons (Fsp3) is 0.462. The lowest BCUT2D eigenvalue weighted by molar-refractivity contribution is 0.563. The Morgan fingerprint density at radius 1 is 1.20 bits per heavy atom. The number of hydrogen-bond acceptors (Lipinski definition) is 2. The topological polar surface area (TPSA) is 29.4 Å². The van der Waals surface area contributed by atoms with Gasteiger partial charge in [0.1, 0.15) is 0 Å². The zero-order valence-electron chi connectivity index (χ0n) is 8.83. The SMILES string of the molecule is O=C=NCCc1ccc2c(c1)CCCC2. The van der Waals surface area contributed by atoms with Crippen LogP contribution in [0.5, 0.6) is 0 Å². The number of nitrogens with zero attached hydrogens (tertiary/aromatic N) is 1. The van der Waals surface area contributed by atoms with Gasteiger partial charge in [-0.3, -0.25) is 0 Å². The van der Waals surface area contributed by atoms with Crippen molar-refractivity contribution in [2.75, 3.05) is 6.54 Å². The summed E-state index contributed by atoms with van der Waals surface area (Å²) in [7, 11) is 0. The monoisotopic (exact) mass is 201 g/mol. The highest BCUT2D eigenvalue weighted by Gasteiger charge is 2.08. The number of isocyanates is 1. The van der Waals surface area contributed by atoms with Gasteiger partial charge >= 0.3 is 0 Å². The molecule has 0 aromatic heterocycles. The Morgan fingerprint density at radius 3 is 2.80 bits per heavy atom. The van der Waals surface area contributed by atoms with Crippen molar-refractivity contribution in [3.63, 3.8) is 0 Å². The molecule has 1 aliphatic carbocycles. The first-order chi connectivity index (χ1) is 7.40. The molecule has 0 bridgehead atoms. The van der Waals surface area contributed by atoms with E-state index in [4.69, 9.17) is 0 Å². The van der Waals surface area contributed by atoms with Crippen molar-refractivity contribution >= 4 is 6.08 Å². The summed E-state index contributed by atoms with van der Waals surface area (Å²) in [5.74, 6) is 0. The third-order valence-corrected chi connectivity index (χ3v) is 2.99. The summed E-state index contributed by atoms with van der Waals surface area (Å²) in [5, 5.41) is 0. The molecule has 0 aliphatic heterocycles. The van der Waals surface area contributed by atoms with Gasteiger partial charge in [-0.05, 0) is 48.8 Å². The number of hydrogen-bond donors (Lipinski definition) is 0. The molecule has 0 saturated heterocycles. The number of aliphatic imine (C=N–C) groups is 1. The molecule has 1 aromatic carbocycles. The van der Waals surface area contributed by atoms with Gasteiger partial charge in [-0.15, -0.1) is 0 Å². The van der Waals surface area contributed by atoms with Gasteiger partial charge in [0.25, 0.3) is 0 Å². The van der Waals surface area contributed by atoms with Crippen molar-refractivity contribution in [2.45, 2.75) is 32.1 Å². The number of benzene rings is 1. The fourth-order valence-electron chi connectivity index (χ4n) is 2.17. The van der Waals surface area contributed by atoms with E-state index in [1.165, 1.54) is 42.4 Å². The van der Waals surface area contributed by atoms with Crippen LogP contribution in [0.2, 0.25) is 0 Å². The second kappa shape index (κ2) is 4.90. The Bertz CT molecular complexity index is 392. The molecule has 2 rings (SSSR count). The van der Waals surface area contributed by atoms with Gasteiger partial charge in [-0.25, -0.2) is 9.79 Å². The van der Waals surface area contributed by atoms with Gasteiger partial charge in [-0.1, -0.05) is 18.2 Å². The fourth-order valence-corrected chi connectivity index (χ4v) is 2.17. The molecule has 0 heterocycles. The number of aryl methyl sites for hydroxylation is 2. The van der Waals surface area contributed by atoms with E-state index in [0.717, 1.165) is 6.42 Å². The van der Waals surface area contributed by atoms with Gasteiger partial charge in [0.05, 0.1) is 6.54 Å². The van der Waals surface area contributed by atoms with Gasteiger partial charge in [-0.2, -0.15) is 0 Å². The van der Waals surface area contributed by atoms with Crippen LogP contribution in [0, 0.1) is 0 Å². The lowest BCUT2D eigenvalue weighted by atomic mass is 9.90. The molecular formula is C13H15NO. The third-order valence-electron chi connectivity index (χ3n) is 2.99. The molecule has 0 fully saturated rings. The Balaban J connectivity index is 2.09. The Morgan fingerprint density at radius 2 is 2.00 bits per heavy atom. The Kier molecular flexibility index (Phi) is 3.31. The Labute approximate surface area is 90.0 Å². The molecule has 0 N–H and O–H groups in total. The molecule has 1 aromatic rings. The van der Waals surface area contributed by atoms with Gasteiger partial charge in [0.15, 0.2) is 0 Å². The normalized spacial score (nSPS) is 14.1. The molecule has 0 amide bonds. The van der Waals surface area contributed by atoms with Crippen LogP contribution in [0.25, 0.3) is 0 Å². The summed E-state index contributed by atoms with van der Waals surface area (Å²) in [5.41, 5.74) is 4.28. The van der Waals surface area contributed by atoms with Gasteiger partial charge < -0.3 is 0 Å². The van der Waals surface area contributed by atoms with Crippen LogP contribution in [-0.2, 0) is 24.1 Å². The first kappa shape index (κ1) is 10.1. The minimum atomic E-state index is 0.558. The highest BCUT2D eigenvalue weighted by molar-refractivity contribution is 5.35. The lowest BCUT2D eigenvalue weighted by Crippen LogP contribution is -2.03. The van der Waals surface area contributed by atoms with Gasteiger partial charge in [0, 0.05) is 0 Å². The van der Waals surface area contributed by atoms with Crippen LogP contribution in [0.4, 0.5) is 0 Å². The molecule has 0 radical (unpaired) electrons. The van der Waals surface area contributed by atoms with Crippen molar-refractivity contribution in [1.82, 2.24) is 0 Å². The van der Waals surface area contributed by atoms with Crippen molar-refractivity contribution in [3.8, 4) is 0 Å². The largest absolute Gasteiger partial charge is 0.234 e. The summed E-state index contributed by atoms with van der Waals surface area (Å²) < 4.78 is 0. The molecule has 0 unspecified atom stereocenters. The highest BCUT2D eigenvalue weighted by Crippen LogP contribution is 2.22. The van der Waals surface area contributed by atoms with Crippen LogP contribution in [-0.4, -0.2) is 12.6 Å². The molecule has 1 aliphatic rings. The maximum Gasteiger partial charge on any atom is 0.234 e. The molecule has 0 saturated carbocycles. The zero-order valence-corrected chi connectivity index (χ0v) is 8.83. The van der Waals surface area contributed by atoms with E-state index in [1.807, 2.05) is 0 Å². The molecule has 2 heteroatoms. The van der Waals surface area contributed by atoms with Crippen LogP contribution >= 0.6 is 0 Å². The molecule has 15 heavy (non-hydrogen) atoms. The van der Waals surface area contributed by atoms with Crippen LogP contribution < -0.4 is 0 Å². The summed E-state index contributed by atoms with van der Waals surface area (Å²) in [6, 6.07) is 6.66. The average molecular weight is 201 g/mol. The van der Waals surface area contributed by atoms with Crippen molar-refractivity contribution in [1.29, 1.82) is 0 Å². The van der Waals surface area contributed by atoms with Crippen LogP contribution in [0.15, 0.2) is 23.2 Å². The molecule has 0 spiro atoms. The van der Waals surface area contributed by atoms with Gasteiger partial charge in [0.2, 0.25) is 6.08 Å². The average Bonchev–Trinajstić information content (AvgIpc) is 2.29. The van der Waals surface area contributed by atoms with Crippen LogP contribution in [0.3, 0.4) is 0 Å².